The first-order chi connectivity index (χ1) is 10.5. The van der Waals surface area contributed by atoms with Crippen LogP contribution in [0.25, 0.3) is 0 Å². The second-order valence-electron chi connectivity index (χ2n) is 7.17. The van der Waals surface area contributed by atoms with Gasteiger partial charge < -0.3 is 5.32 Å². The van der Waals surface area contributed by atoms with Crippen molar-refractivity contribution < 1.29 is 13.2 Å². The minimum absolute atomic E-state index is 0.156. The summed E-state index contributed by atoms with van der Waals surface area (Å²) in [7, 11) is -3.57. The van der Waals surface area contributed by atoms with Gasteiger partial charge >= 0.3 is 0 Å². The van der Waals surface area contributed by atoms with Crippen molar-refractivity contribution in [3.8, 4) is 0 Å². The molecule has 0 bridgehead atoms. The number of carbonyl (C=O) groups excluding carboxylic acids is 1. The first-order valence-electron chi connectivity index (χ1n) is 7.93. The zero-order valence-corrected chi connectivity index (χ0v) is 15.5. The monoisotopic (exact) mass is 340 g/mol. The molecule has 0 radical (unpaired) electrons. The fraction of sp³-hybridized carbons (Fsp3) is 0.588. The normalized spacial score (nSPS) is 12.4. The van der Waals surface area contributed by atoms with Gasteiger partial charge in [-0.2, -0.15) is 0 Å². The van der Waals surface area contributed by atoms with Gasteiger partial charge in [0.15, 0.2) is 0 Å². The van der Waals surface area contributed by atoms with Crippen LogP contribution >= 0.6 is 0 Å². The lowest BCUT2D eigenvalue weighted by Crippen LogP contribution is -2.40. The number of sulfonamides is 1. The summed E-state index contributed by atoms with van der Waals surface area (Å²) >= 11 is 0. The molecule has 0 unspecified atom stereocenters. The van der Waals surface area contributed by atoms with Crippen LogP contribution in [0.15, 0.2) is 29.2 Å². The van der Waals surface area contributed by atoms with Gasteiger partial charge in [0.1, 0.15) is 0 Å². The summed E-state index contributed by atoms with van der Waals surface area (Å²) in [5.74, 6) is 0.438. The Morgan fingerprint density at radius 3 is 2.17 bits per heavy atom. The third-order valence-electron chi connectivity index (χ3n) is 3.11. The molecule has 0 atom stereocenters. The Kier molecular flexibility index (Phi) is 6.77. The summed E-state index contributed by atoms with van der Waals surface area (Å²) in [5, 5.41) is 2.85. The smallest absolute Gasteiger partial charge is 0.251 e. The summed E-state index contributed by atoms with van der Waals surface area (Å²) < 4.78 is 27.0. The molecule has 1 amide bonds. The molecule has 0 fully saturated rings. The van der Waals surface area contributed by atoms with E-state index in [0.29, 0.717) is 18.0 Å². The van der Waals surface area contributed by atoms with E-state index in [4.69, 9.17) is 0 Å². The van der Waals surface area contributed by atoms with Crippen molar-refractivity contribution in [3.05, 3.63) is 29.8 Å². The van der Waals surface area contributed by atoms with E-state index in [-0.39, 0.29) is 10.8 Å². The topological polar surface area (TPSA) is 75.3 Å². The van der Waals surface area contributed by atoms with Crippen molar-refractivity contribution in [2.24, 2.45) is 5.92 Å². The molecule has 0 heterocycles. The maximum absolute atomic E-state index is 12.2. The molecule has 1 aromatic rings. The van der Waals surface area contributed by atoms with Crippen molar-refractivity contribution in [2.75, 3.05) is 6.54 Å². The largest absolute Gasteiger partial charge is 0.352 e. The highest BCUT2D eigenvalue weighted by Crippen LogP contribution is 2.14. The van der Waals surface area contributed by atoms with Crippen LogP contribution < -0.4 is 10.0 Å². The summed E-state index contributed by atoms with van der Waals surface area (Å²) in [6, 6.07) is 5.98. The molecule has 1 rings (SSSR count). The Labute approximate surface area is 139 Å². The van der Waals surface area contributed by atoms with Gasteiger partial charge in [0.05, 0.1) is 4.90 Å². The molecule has 6 heteroatoms. The van der Waals surface area contributed by atoms with Crippen LogP contribution in [0.3, 0.4) is 0 Å². The van der Waals surface area contributed by atoms with Gasteiger partial charge in [0.2, 0.25) is 10.0 Å². The average molecular weight is 340 g/mol. The molecule has 0 spiro atoms. The molecule has 0 aromatic heterocycles. The number of carbonyl (C=O) groups is 1. The molecule has 23 heavy (non-hydrogen) atoms. The number of hydrogen-bond acceptors (Lipinski definition) is 3. The van der Waals surface area contributed by atoms with Crippen LogP contribution in [0.5, 0.6) is 0 Å². The van der Waals surface area contributed by atoms with E-state index in [0.717, 1.165) is 12.8 Å². The molecule has 1 aromatic carbocycles. The number of benzene rings is 1. The minimum atomic E-state index is -3.57. The highest BCUT2D eigenvalue weighted by molar-refractivity contribution is 7.89. The van der Waals surface area contributed by atoms with Gasteiger partial charge in [-0.05, 0) is 63.8 Å². The Morgan fingerprint density at radius 2 is 1.70 bits per heavy atom. The second kappa shape index (κ2) is 7.93. The van der Waals surface area contributed by atoms with Crippen molar-refractivity contribution in [1.29, 1.82) is 0 Å². The van der Waals surface area contributed by atoms with Gasteiger partial charge in [-0.3, -0.25) is 4.79 Å². The van der Waals surface area contributed by atoms with Crippen LogP contribution in [0.4, 0.5) is 0 Å². The summed E-state index contributed by atoms with van der Waals surface area (Å²) in [6.07, 6.45) is 2.00. The fourth-order valence-corrected chi connectivity index (χ4v) is 3.48. The fourth-order valence-electron chi connectivity index (χ4n) is 2.06. The van der Waals surface area contributed by atoms with E-state index in [1.54, 1.807) is 20.8 Å². The minimum Gasteiger partial charge on any atom is -0.352 e. The summed E-state index contributed by atoms with van der Waals surface area (Å²) in [6.45, 7) is 10.3. The molecule has 5 nitrogen and oxygen atoms in total. The summed E-state index contributed by atoms with van der Waals surface area (Å²) in [4.78, 5) is 12.2. The van der Waals surface area contributed by atoms with Crippen LogP contribution in [-0.2, 0) is 10.0 Å². The Morgan fingerprint density at radius 1 is 1.13 bits per heavy atom. The quantitative estimate of drug-likeness (QED) is 0.749. The zero-order chi connectivity index (χ0) is 17.7. The molecule has 0 aliphatic carbocycles. The standard InChI is InChI=1S/C17H28N2O3S/c1-13(2)7-6-12-18-16(20)14-8-10-15(11-9-14)23(21,22)19-17(3,4)5/h8-11,13,19H,6-7,12H2,1-5H3,(H,18,20). The molecular formula is C17H28N2O3S. The van der Waals surface area contributed by atoms with Crippen LogP contribution in [-0.4, -0.2) is 26.4 Å². The number of amides is 1. The number of hydrogen-bond donors (Lipinski definition) is 2. The SMILES string of the molecule is CC(C)CCCNC(=O)c1ccc(S(=O)(=O)NC(C)(C)C)cc1. The predicted octanol–water partition coefficient (Wildman–Crippen LogP) is 2.93. The van der Waals surface area contributed by atoms with E-state index >= 15 is 0 Å². The van der Waals surface area contributed by atoms with Gasteiger partial charge in [-0.1, -0.05) is 13.8 Å². The lowest BCUT2D eigenvalue weighted by atomic mass is 10.1. The second-order valence-corrected chi connectivity index (χ2v) is 8.85. The molecule has 0 saturated carbocycles. The molecule has 0 saturated heterocycles. The first-order valence-corrected chi connectivity index (χ1v) is 9.42. The van der Waals surface area contributed by atoms with E-state index < -0.39 is 15.6 Å². The van der Waals surface area contributed by atoms with Crippen molar-refractivity contribution in [1.82, 2.24) is 10.0 Å². The maximum Gasteiger partial charge on any atom is 0.251 e. The van der Waals surface area contributed by atoms with Crippen LogP contribution in [0.2, 0.25) is 0 Å². The average Bonchev–Trinajstić information content (AvgIpc) is 2.40. The van der Waals surface area contributed by atoms with Crippen molar-refractivity contribution in [3.63, 3.8) is 0 Å². The highest BCUT2D eigenvalue weighted by Gasteiger charge is 2.22. The third kappa shape index (κ3) is 7.14. The molecular weight excluding hydrogens is 312 g/mol. The lowest BCUT2D eigenvalue weighted by molar-refractivity contribution is 0.0952. The predicted molar refractivity (Wildman–Crippen MR) is 92.9 cm³/mol. The van der Waals surface area contributed by atoms with Crippen molar-refractivity contribution in [2.45, 2.75) is 57.9 Å². The van der Waals surface area contributed by atoms with Gasteiger partial charge in [0, 0.05) is 17.6 Å². The molecule has 2 N–H and O–H groups in total. The van der Waals surface area contributed by atoms with Gasteiger partial charge in [-0.25, -0.2) is 13.1 Å². The van der Waals surface area contributed by atoms with E-state index in [1.165, 1.54) is 24.3 Å². The molecule has 0 aliphatic rings. The van der Waals surface area contributed by atoms with E-state index in [9.17, 15) is 13.2 Å². The maximum atomic E-state index is 12.2. The number of rotatable bonds is 7. The summed E-state index contributed by atoms with van der Waals surface area (Å²) in [5.41, 5.74) is -0.0880. The van der Waals surface area contributed by atoms with E-state index in [2.05, 4.69) is 23.9 Å². The van der Waals surface area contributed by atoms with E-state index in [1.807, 2.05) is 0 Å². The lowest BCUT2D eigenvalue weighted by Gasteiger charge is -2.20. The Bertz CT molecular complexity index is 614. The zero-order valence-electron chi connectivity index (χ0n) is 14.6. The Hall–Kier alpha value is -1.40. The number of nitrogens with one attached hydrogen (secondary N) is 2. The van der Waals surface area contributed by atoms with Gasteiger partial charge in [-0.15, -0.1) is 0 Å². The highest BCUT2D eigenvalue weighted by atomic mass is 32.2. The molecule has 130 valence electrons. The third-order valence-corrected chi connectivity index (χ3v) is 4.89. The first kappa shape index (κ1) is 19.6. The van der Waals surface area contributed by atoms with Crippen LogP contribution in [0.1, 0.15) is 57.8 Å². The van der Waals surface area contributed by atoms with Crippen molar-refractivity contribution >= 4 is 15.9 Å². The van der Waals surface area contributed by atoms with Gasteiger partial charge in [0.25, 0.3) is 5.91 Å². The Balaban J connectivity index is 2.67. The molecule has 0 aliphatic heterocycles. The van der Waals surface area contributed by atoms with Crippen LogP contribution in [0, 0.1) is 5.92 Å².